The maximum atomic E-state index is 13.3. The van der Waals surface area contributed by atoms with Gasteiger partial charge in [-0.1, -0.05) is 69.1 Å². The highest BCUT2D eigenvalue weighted by atomic mass is 35.5. The van der Waals surface area contributed by atoms with Crippen LogP contribution in [0.15, 0.2) is 53.2 Å². The molecule has 4 unspecified atom stereocenters. The molecule has 2 aromatic carbocycles. The Morgan fingerprint density at radius 3 is 1.85 bits per heavy atom. The molecule has 0 aliphatic heterocycles. The van der Waals surface area contributed by atoms with Gasteiger partial charge >= 0.3 is 23.9 Å². The maximum absolute atomic E-state index is 13.3. The van der Waals surface area contributed by atoms with E-state index in [1.54, 1.807) is 16.8 Å². The van der Waals surface area contributed by atoms with Crippen molar-refractivity contribution in [2.75, 3.05) is 6.54 Å². The second-order valence-corrected chi connectivity index (χ2v) is 15.4. The Labute approximate surface area is 320 Å². The number of carboxylic acids is 4. The predicted octanol–water partition coefficient (Wildman–Crippen LogP) is 7.06. The molecule has 4 atom stereocenters. The SMILES string of the molecule is CC(C)CC(NC(Cc1csc(-c2ccc(F)c(Cl)c2)n1)C(=O)O)C(=O)O.Cc1ccc(-c2nc(C(CNC(CC(C)C)C(=O)O)C(=O)O)cs2)cc1. The lowest BCUT2D eigenvalue weighted by molar-refractivity contribution is -0.143. The average molecular weight is 791 g/mol. The van der Waals surface area contributed by atoms with Crippen LogP contribution in [0.3, 0.4) is 0 Å². The van der Waals surface area contributed by atoms with Crippen molar-refractivity contribution in [3.05, 3.63) is 81.0 Å². The number of carboxylic acid groups (broad SMARTS) is 4. The second kappa shape index (κ2) is 20.3. The first kappa shape index (κ1) is 43.1. The van der Waals surface area contributed by atoms with E-state index in [9.17, 15) is 44.0 Å². The zero-order valence-electron chi connectivity index (χ0n) is 29.9. The van der Waals surface area contributed by atoms with Crippen LogP contribution < -0.4 is 10.6 Å². The van der Waals surface area contributed by atoms with Gasteiger partial charge in [0.15, 0.2) is 0 Å². The molecule has 16 heteroatoms. The summed E-state index contributed by atoms with van der Waals surface area (Å²) in [7, 11) is 0. The molecule has 0 aliphatic rings. The molecule has 0 saturated heterocycles. The summed E-state index contributed by atoms with van der Waals surface area (Å²) in [5, 5.41) is 47.9. The molecule has 53 heavy (non-hydrogen) atoms. The van der Waals surface area contributed by atoms with Gasteiger partial charge in [-0.2, -0.15) is 0 Å². The zero-order valence-corrected chi connectivity index (χ0v) is 32.3. The molecule has 0 spiro atoms. The molecule has 0 amide bonds. The van der Waals surface area contributed by atoms with Crippen LogP contribution in [0.4, 0.5) is 4.39 Å². The van der Waals surface area contributed by atoms with Gasteiger partial charge in [-0.15, -0.1) is 22.7 Å². The average Bonchev–Trinajstić information content (AvgIpc) is 3.75. The van der Waals surface area contributed by atoms with Gasteiger partial charge in [-0.25, -0.2) is 14.4 Å². The van der Waals surface area contributed by atoms with Crippen molar-refractivity contribution in [1.82, 2.24) is 20.6 Å². The molecule has 4 aromatic rings. The lowest BCUT2D eigenvalue weighted by Crippen LogP contribution is -2.48. The van der Waals surface area contributed by atoms with Gasteiger partial charge in [0.05, 0.1) is 16.4 Å². The Balaban J connectivity index is 0.000000286. The van der Waals surface area contributed by atoms with E-state index in [0.717, 1.165) is 16.1 Å². The van der Waals surface area contributed by atoms with Crippen molar-refractivity contribution in [1.29, 1.82) is 0 Å². The highest BCUT2D eigenvalue weighted by Crippen LogP contribution is 2.29. The number of carbonyl (C=O) groups is 4. The van der Waals surface area contributed by atoms with Gasteiger partial charge < -0.3 is 25.7 Å². The fraction of sp³-hybridized carbons (Fsp3) is 0.405. The van der Waals surface area contributed by atoms with Crippen LogP contribution in [0.1, 0.15) is 63.4 Å². The smallest absolute Gasteiger partial charge is 0.321 e. The lowest BCUT2D eigenvalue weighted by atomic mass is 10.0. The predicted molar refractivity (Wildman–Crippen MR) is 203 cm³/mol. The standard InChI is InChI=1S/C19H24N2O4S.C18H20ClFN2O4S/c1-11(2)8-15(19(24)25)20-9-14(18(22)23)16-10-26-17(21-16)13-6-4-12(3)5-7-13;1-9(2)5-14(17(23)24)22-15(18(25)26)7-11-8-27-16(21-11)10-3-4-13(20)12(19)6-10/h4-7,10-11,14-15,20H,8-9H2,1-3H3,(H,22,23)(H,24,25);3-4,6,8-9,14-15,22H,5,7H2,1-2H3,(H,23,24)(H,25,26). The fourth-order valence-electron chi connectivity index (χ4n) is 5.14. The van der Waals surface area contributed by atoms with E-state index in [1.807, 2.05) is 58.9 Å². The highest BCUT2D eigenvalue weighted by molar-refractivity contribution is 7.13. The molecular formula is C37H44ClFN4O8S2. The summed E-state index contributed by atoms with van der Waals surface area (Å²) >= 11 is 8.45. The molecule has 2 heterocycles. The third-order valence-corrected chi connectivity index (χ3v) is 10.0. The number of aromatic nitrogens is 2. The summed E-state index contributed by atoms with van der Waals surface area (Å²) in [6.45, 7) is 9.62. The Bertz CT molecular complexity index is 1850. The van der Waals surface area contributed by atoms with Crippen molar-refractivity contribution in [2.45, 2.75) is 77.9 Å². The molecule has 0 fully saturated rings. The van der Waals surface area contributed by atoms with E-state index in [4.69, 9.17) is 11.6 Å². The summed E-state index contributed by atoms with van der Waals surface area (Å²) in [6, 6.07) is 9.29. The van der Waals surface area contributed by atoms with Crippen LogP contribution >= 0.6 is 34.3 Å². The molecular weight excluding hydrogens is 747 g/mol. The summed E-state index contributed by atoms with van der Waals surface area (Å²) in [5.41, 5.74) is 3.65. The molecule has 4 rings (SSSR count). The van der Waals surface area contributed by atoms with Gasteiger partial charge in [0.1, 0.15) is 39.9 Å². The summed E-state index contributed by atoms with van der Waals surface area (Å²) in [4.78, 5) is 54.8. The van der Waals surface area contributed by atoms with Gasteiger partial charge in [-0.3, -0.25) is 24.5 Å². The normalized spacial score (nSPS) is 13.5. The first-order valence-electron chi connectivity index (χ1n) is 16.8. The van der Waals surface area contributed by atoms with Crippen LogP contribution in [0.2, 0.25) is 5.02 Å². The molecule has 12 nitrogen and oxygen atoms in total. The Morgan fingerprint density at radius 2 is 1.30 bits per heavy atom. The maximum Gasteiger partial charge on any atom is 0.321 e. The first-order valence-corrected chi connectivity index (χ1v) is 18.9. The van der Waals surface area contributed by atoms with Crippen LogP contribution in [0.25, 0.3) is 21.1 Å². The Kier molecular flexibility index (Phi) is 16.5. The van der Waals surface area contributed by atoms with Crippen molar-refractivity contribution in [3.63, 3.8) is 0 Å². The van der Waals surface area contributed by atoms with Crippen LogP contribution in [0.5, 0.6) is 0 Å². The lowest BCUT2D eigenvalue weighted by Gasteiger charge is -2.21. The van der Waals surface area contributed by atoms with Crippen molar-refractivity contribution in [2.24, 2.45) is 11.8 Å². The summed E-state index contributed by atoms with van der Waals surface area (Å²) < 4.78 is 13.3. The minimum atomic E-state index is -1.15. The van der Waals surface area contributed by atoms with E-state index in [-0.39, 0.29) is 29.8 Å². The zero-order chi connectivity index (χ0) is 39.4. The number of benzene rings is 2. The van der Waals surface area contributed by atoms with Gasteiger partial charge in [0, 0.05) is 34.9 Å². The number of hydrogen-bond acceptors (Lipinski definition) is 10. The third kappa shape index (κ3) is 13.6. The summed E-state index contributed by atoms with van der Waals surface area (Å²) in [6.07, 6.45) is 0.783. The van der Waals surface area contributed by atoms with Crippen LogP contribution in [-0.4, -0.2) is 78.9 Å². The molecule has 286 valence electrons. The van der Waals surface area contributed by atoms with Crippen molar-refractivity contribution < 1.29 is 44.0 Å². The van der Waals surface area contributed by atoms with Crippen LogP contribution in [-0.2, 0) is 25.6 Å². The minimum absolute atomic E-state index is 0.0210. The van der Waals surface area contributed by atoms with Crippen molar-refractivity contribution >= 4 is 58.2 Å². The largest absolute Gasteiger partial charge is 0.481 e. The first-order chi connectivity index (χ1) is 24.9. The van der Waals surface area contributed by atoms with Crippen molar-refractivity contribution in [3.8, 4) is 21.1 Å². The molecule has 0 radical (unpaired) electrons. The van der Waals surface area contributed by atoms with Gasteiger partial charge in [0.2, 0.25) is 0 Å². The van der Waals surface area contributed by atoms with E-state index in [0.29, 0.717) is 34.8 Å². The number of thiazole rings is 2. The number of hydrogen-bond donors (Lipinski definition) is 6. The molecule has 2 aromatic heterocycles. The summed E-state index contributed by atoms with van der Waals surface area (Å²) in [5.74, 6) is -5.36. The fourth-order valence-corrected chi connectivity index (χ4v) is 7.03. The van der Waals surface area contributed by atoms with E-state index in [1.165, 1.54) is 34.8 Å². The molecule has 6 N–H and O–H groups in total. The monoisotopic (exact) mass is 790 g/mol. The number of halogens is 2. The Morgan fingerprint density at radius 1 is 0.755 bits per heavy atom. The second-order valence-electron chi connectivity index (χ2n) is 13.3. The topological polar surface area (TPSA) is 199 Å². The van der Waals surface area contributed by atoms with Gasteiger partial charge in [0.25, 0.3) is 0 Å². The van der Waals surface area contributed by atoms with E-state index >= 15 is 0 Å². The third-order valence-electron chi connectivity index (χ3n) is 7.89. The van der Waals surface area contributed by atoms with E-state index < -0.39 is 53.7 Å². The molecule has 0 aliphatic carbocycles. The van der Waals surface area contributed by atoms with Crippen LogP contribution in [0, 0.1) is 24.6 Å². The highest BCUT2D eigenvalue weighted by Gasteiger charge is 2.28. The minimum Gasteiger partial charge on any atom is -0.481 e. The number of nitrogens with one attached hydrogen (secondary N) is 2. The Hall–Kier alpha value is -4.28. The molecule has 0 bridgehead atoms. The number of nitrogens with zero attached hydrogens (tertiary/aromatic N) is 2. The van der Waals surface area contributed by atoms with Gasteiger partial charge in [-0.05, 0) is 49.8 Å². The number of aliphatic carboxylic acids is 4. The number of aryl methyl sites for hydroxylation is 1. The van der Waals surface area contributed by atoms with E-state index in [2.05, 4.69) is 20.6 Å². The number of rotatable bonds is 18. The molecule has 0 saturated carbocycles. The quantitative estimate of drug-likeness (QED) is 0.0601.